The van der Waals surface area contributed by atoms with Crippen molar-refractivity contribution < 1.29 is 9.59 Å². The Bertz CT molecular complexity index is 420. The molecule has 0 bridgehead atoms. The van der Waals surface area contributed by atoms with Gasteiger partial charge < -0.3 is 5.32 Å². The van der Waals surface area contributed by atoms with Crippen molar-refractivity contribution in [1.82, 2.24) is 4.98 Å². The first-order valence-electron chi connectivity index (χ1n) is 5.08. The topological polar surface area (TPSA) is 59.1 Å². The molecule has 1 rings (SSSR count). The van der Waals surface area contributed by atoms with Crippen LogP contribution in [0.25, 0.3) is 0 Å². The second-order valence-electron chi connectivity index (χ2n) is 4.71. The van der Waals surface area contributed by atoms with Crippen molar-refractivity contribution in [2.45, 2.75) is 27.7 Å². The van der Waals surface area contributed by atoms with Crippen molar-refractivity contribution in [2.24, 2.45) is 5.41 Å². The molecule has 0 aliphatic rings. The number of nitrogens with one attached hydrogen (secondary N) is 1. The molecule has 4 heteroatoms. The molecule has 0 saturated carbocycles. The Kier molecular flexibility index (Phi) is 3.42. The maximum absolute atomic E-state index is 11.7. The second-order valence-corrected chi connectivity index (χ2v) is 4.71. The molecule has 1 aromatic rings. The number of aryl methyl sites for hydroxylation is 1. The summed E-state index contributed by atoms with van der Waals surface area (Å²) in [5.41, 5.74) is 0.722. The van der Waals surface area contributed by atoms with Crippen LogP contribution in [-0.4, -0.2) is 17.2 Å². The minimum atomic E-state index is -0.508. The number of aromatic nitrogens is 1. The van der Waals surface area contributed by atoms with Gasteiger partial charge in [0.05, 0.1) is 5.56 Å². The fourth-order valence-electron chi connectivity index (χ4n) is 1.11. The number of anilines is 1. The summed E-state index contributed by atoms with van der Waals surface area (Å²) in [7, 11) is 0. The van der Waals surface area contributed by atoms with Gasteiger partial charge >= 0.3 is 0 Å². The van der Waals surface area contributed by atoms with Gasteiger partial charge in [0.1, 0.15) is 5.82 Å². The van der Waals surface area contributed by atoms with Crippen LogP contribution in [0.2, 0.25) is 0 Å². The molecule has 0 saturated heterocycles. The number of nitrogens with zero attached hydrogens (tertiary/aromatic N) is 1. The van der Waals surface area contributed by atoms with Crippen LogP contribution < -0.4 is 5.32 Å². The number of aldehydes is 1. The summed E-state index contributed by atoms with van der Waals surface area (Å²) in [6.07, 6.45) is 2.28. The number of amides is 1. The highest BCUT2D eigenvalue weighted by Gasteiger charge is 2.22. The number of carbonyl (C=O) groups is 2. The molecule has 0 fully saturated rings. The summed E-state index contributed by atoms with van der Waals surface area (Å²) >= 11 is 0. The zero-order valence-corrected chi connectivity index (χ0v) is 10.00. The zero-order valence-electron chi connectivity index (χ0n) is 10.00. The van der Waals surface area contributed by atoms with Crippen molar-refractivity contribution in [1.29, 1.82) is 0 Å². The summed E-state index contributed by atoms with van der Waals surface area (Å²) in [5, 5.41) is 2.66. The summed E-state index contributed by atoms with van der Waals surface area (Å²) in [6, 6.07) is 1.73. The van der Waals surface area contributed by atoms with Gasteiger partial charge in [-0.05, 0) is 18.6 Å². The zero-order chi connectivity index (χ0) is 12.3. The van der Waals surface area contributed by atoms with E-state index in [2.05, 4.69) is 10.3 Å². The fraction of sp³-hybridized carbons (Fsp3) is 0.417. The molecule has 0 radical (unpaired) electrons. The Morgan fingerprint density at radius 1 is 1.44 bits per heavy atom. The Labute approximate surface area is 95.1 Å². The first kappa shape index (κ1) is 12.4. The van der Waals surface area contributed by atoms with Crippen LogP contribution in [0.1, 0.15) is 36.7 Å². The van der Waals surface area contributed by atoms with Crippen LogP contribution >= 0.6 is 0 Å². The molecule has 16 heavy (non-hydrogen) atoms. The number of rotatable bonds is 2. The van der Waals surface area contributed by atoms with E-state index >= 15 is 0 Å². The maximum atomic E-state index is 11.7. The van der Waals surface area contributed by atoms with E-state index in [9.17, 15) is 9.59 Å². The van der Waals surface area contributed by atoms with Crippen molar-refractivity contribution in [3.63, 3.8) is 0 Å². The van der Waals surface area contributed by atoms with Crippen molar-refractivity contribution in [3.8, 4) is 0 Å². The molecule has 1 N–H and O–H groups in total. The van der Waals surface area contributed by atoms with E-state index in [1.54, 1.807) is 40.0 Å². The molecule has 0 spiro atoms. The number of carbonyl (C=O) groups excluding carboxylic acids is 2. The number of pyridine rings is 1. The lowest BCUT2D eigenvalue weighted by Crippen LogP contribution is -2.28. The lowest BCUT2D eigenvalue weighted by Gasteiger charge is -2.18. The van der Waals surface area contributed by atoms with Crippen LogP contribution in [0.3, 0.4) is 0 Å². The summed E-state index contributed by atoms with van der Waals surface area (Å²) in [6.45, 7) is 7.22. The highest BCUT2D eigenvalue weighted by molar-refractivity contribution is 5.98. The molecule has 1 aromatic heterocycles. The Morgan fingerprint density at radius 2 is 2.06 bits per heavy atom. The van der Waals surface area contributed by atoms with Gasteiger partial charge in [0.25, 0.3) is 0 Å². The second kappa shape index (κ2) is 4.43. The largest absolute Gasteiger partial charge is 0.310 e. The van der Waals surface area contributed by atoms with Crippen molar-refractivity contribution in [2.75, 3.05) is 5.32 Å². The van der Waals surface area contributed by atoms with E-state index in [0.29, 0.717) is 17.7 Å². The normalized spacial score (nSPS) is 11.0. The highest BCUT2D eigenvalue weighted by Crippen LogP contribution is 2.19. The van der Waals surface area contributed by atoms with Gasteiger partial charge in [-0.15, -0.1) is 0 Å². The Hall–Kier alpha value is -1.71. The SMILES string of the molecule is Cc1ccnc(NC(=O)C(C)(C)C)c1C=O. The van der Waals surface area contributed by atoms with Crippen molar-refractivity contribution in [3.05, 3.63) is 23.4 Å². The van der Waals surface area contributed by atoms with Gasteiger partial charge in [-0.25, -0.2) is 4.98 Å². The molecule has 4 nitrogen and oxygen atoms in total. The van der Waals surface area contributed by atoms with Gasteiger partial charge in [-0.1, -0.05) is 20.8 Å². The lowest BCUT2D eigenvalue weighted by molar-refractivity contribution is -0.123. The monoisotopic (exact) mass is 220 g/mol. The third-order valence-electron chi connectivity index (χ3n) is 2.24. The van der Waals surface area contributed by atoms with Gasteiger partial charge in [0.2, 0.25) is 5.91 Å². The third-order valence-corrected chi connectivity index (χ3v) is 2.24. The minimum absolute atomic E-state index is 0.159. The van der Waals surface area contributed by atoms with E-state index in [4.69, 9.17) is 0 Å². The quantitative estimate of drug-likeness (QED) is 0.777. The van der Waals surface area contributed by atoms with E-state index in [0.717, 1.165) is 5.56 Å². The summed E-state index contributed by atoms with van der Waals surface area (Å²) in [4.78, 5) is 26.6. The third kappa shape index (κ3) is 2.66. The highest BCUT2D eigenvalue weighted by atomic mass is 16.2. The average molecular weight is 220 g/mol. The lowest BCUT2D eigenvalue weighted by atomic mass is 9.95. The molecule has 0 unspecified atom stereocenters. The van der Waals surface area contributed by atoms with Gasteiger partial charge in [0, 0.05) is 11.6 Å². The first-order valence-corrected chi connectivity index (χ1v) is 5.08. The summed E-state index contributed by atoms with van der Waals surface area (Å²) < 4.78 is 0. The predicted molar refractivity (Wildman–Crippen MR) is 62.4 cm³/mol. The van der Waals surface area contributed by atoms with Crippen LogP contribution in [-0.2, 0) is 4.79 Å². The van der Waals surface area contributed by atoms with E-state index in [1.807, 2.05) is 0 Å². The van der Waals surface area contributed by atoms with Gasteiger partial charge in [0.15, 0.2) is 6.29 Å². The predicted octanol–water partition coefficient (Wildman–Crippen LogP) is 2.19. The minimum Gasteiger partial charge on any atom is -0.310 e. The summed E-state index contributed by atoms with van der Waals surface area (Å²) in [5.74, 6) is 0.170. The molecular weight excluding hydrogens is 204 g/mol. The number of hydrogen-bond acceptors (Lipinski definition) is 3. The van der Waals surface area contributed by atoms with Crippen LogP contribution in [0.15, 0.2) is 12.3 Å². The molecule has 0 atom stereocenters. The molecule has 0 aliphatic carbocycles. The molecule has 0 aromatic carbocycles. The molecule has 1 heterocycles. The van der Waals surface area contributed by atoms with Crippen LogP contribution in [0, 0.1) is 12.3 Å². The Morgan fingerprint density at radius 3 is 2.56 bits per heavy atom. The fourth-order valence-corrected chi connectivity index (χ4v) is 1.11. The number of hydrogen-bond donors (Lipinski definition) is 1. The van der Waals surface area contributed by atoms with E-state index in [-0.39, 0.29) is 5.91 Å². The standard InChI is InChI=1S/C12H16N2O2/c1-8-5-6-13-10(9(8)7-15)14-11(16)12(2,3)4/h5-7H,1-4H3,(H,13,14,16). The average Bonchev–Trinajstić information content (AvgIpc) is 2.16. The van der Waals surface area contributed by atoms with Gasteiger partial charge in [-0.3, -0.25) is 9.59 Å². The van der Waals surface area contributed by atoms with Crippen molar-refractivity contribution >= 4 is 18.0 Å². The molecule has 86 valence electrons. The molecular formula is C12H16N2O2. The first-order chi connectivity index (χ1) is 7.36. The van der Waals surface area contributed by atoms with Gasteiger partial charge in [-0.2, -0.15) is 0 Å². The molecule has 1 amide bonds. The van der Waals surface area contributed by atoms with Crippen LogP contribution in [0.4, 0.5) is 5.82 Å². The smallest absolute Gasteiger partial charge is 0.230 e. The van der Waals surface area contributed by atoms with Crippen LogP contribution in [0.5, 0.6) is 0 Å². The van der Waals surface area contributed by atoms with E-state index < -0.39 is 5.41 Å². The maximum Gasteiger partial charge on any atom is 0.230 e. The van der Waals surface area contributed by atoms with E-state index in [1.165, 1.54) is 0 Å². The molecule has 0 aliphatic heterocycles. The Balaban J connectivity index is 3.03.